The summed E-state index contributed by atoms with van der Waals surface area (Å²) < 4.78 is 0. The van der Waals surface area contributed by atoms with Gasteiger partial charge in [0.1, 0.15) is 0 Å². The van der Waals surface area contributed by atoms with Crippen LogP contribution in [0.2, 0.25) is 0 Å². The molecule has 0 aliphatic heterocycles. The van der Waals surface area contributed by atoms with E-state index in [9.17, 15) is 0 Å². The average Bonchev–Trinajstić information content (AvgIpc) is 2.65. The maximum absolute atomic E-state index is 2.46. The molecule has 0 heterocycles. The molecule has 0 saturated heterocycles. The highest BCUT2D eigenvalue weighted by Crippen LogP contribution is 2.40. The van der Waals surface area contributed by atoms with Crippen LogP contribution < -0.4 is 0 Å². The Labute approximate surface area is 96.2 Å². The maximum Gasteiger partial charge on any atom is -0.0320 e. The molecule has 0 heteroatoms. The normalized spacial score (nSPS) is 29.5. The van der Waals surface area contributed by atoms with Crippen LogP contribution in [0.5, 0.6) is 0 Å². The highest BCUT2D eigenvalue weighted by Gasteiger charge is 2.29. The Morgan fingerprint density at radius 1 is 1.40 bits per heavy atom. The Morgan fingerprint density at radius 2 is 2.13 bits per heavy atom. The van der Waals surface area contributed by atoms with Gasteiger partial charge in [0.15, 0.2) is 0 Å². The lowest BCUT2D eigenvalue weighted by molar-refractivity contribution is 0.253. The van der Waals surface area contributed by atoms with Gasteiger partial charge in [-0.15, -0.1) is 0 Å². The van der Waals surface area contributed by atoms with Crippen molar-refractivity contribution < 1.29 is 0 Å². The molecule has 1 aliphatic carbocycles. The molecule has 0 aromatic carbocycles. The van der Waals surface area contributed by atoms with E-state index in [1.807, 2.05) is 0 Å². The van der Waals surface area contributed by atoms with E-state index in [-0.39, 0.29) is 0 Å². The summed E-state index contributed by atoms with van der Waals surface area (Å²) in [6.07, 6.45) is 10.8. The van der Waals surface area contributed by atoms with Crippen LogP contribution >= 0.6 is 0 Å². The van der Waals surface area contributed by atoms with E-state index in [4.69, 9.17) is 0 Å². The standard InChI is InChI=1S/C15H28/c1-5-12(3)10-11-14(6-2)15-9-7-8-13(15)4/h5,13-15H,6-11H2,1-4H3/b12-5-. The van der Waals surface area contributed by atoms with E-state index in [0.29, 0.717) is 0 Å². The fraction of sp³-hybridized carbons (Fsp3) is 0.867. The van der Waals surface area contributed by atoms with Crippen LogP contribution in [0.1, 0.15) is 66.2 Å². The number of hydrogen-bond acceptors (Lipinski definition) is 0. The maximum atomic E-state index is 2.46. The van der Waals surface area contributed by atoms with Crippen LogP contribution in [0.25, 0.3) is 0 Å². The van der Waals surface area contributed by atoms with Gasteiger partial charge in [-0.05, 0) is 50.9 Å². The lowest BCUT2D eigenvalue weighted by Gasteiger charge is -2.26. The summed E-state index contributed by atoms with van der Waals surface area (Å²) in [7, 11) is 0. The number of hydrogen-bond donors (Lipinski definition) is 0. The molecule has 0 aromatic rings. The zero-order valence-electron chi connectivity index (χ0n) is 11.1. The Balaban J connectivity index is 2.41. The SMILES string of the molecule is C/C=C(/C)CCC(CC)C1CCCC1C. The Morgan fingerprint density at radius 3 is 2.60 bits per heavy atom. The first-order chi connectivity index (χ1) is 7.19. The summed E-state index contributed by atoms with van der Waals surface area (Å²) in [5.74, 6) is 3.00. The van der Waals surface area contributed by atoms with E-state index < -0.39 is 0 Å². The summed E-state index contributed by atoms with van der Waals surface area (Å²) in [4.78, 5) is 0. The summed E-state index contributed by atoms with van der Waals surface area (Å²) in [5, 5.41) is 0. The minimum Gasteiger partial charge on any atom is -0.0887 e. The number of allylic oxidation sites excluding steroid dienone is 2. The number of rotatable bonds is 5. The predicted octanol–water partition coefficient (Wildman–Crippen LogP) is 5.20. The summed E-state index contributed by atoms with van der Waals surface area (Å²) in [5.41, 5.74) is 1.57. The molecule has 0 bridgehead atoms. The third-order valence-corrected chi connectivity index (χ3v) is 4.46. The fourth-order valence-corrected chi connectivity index (χ4v) is 3.15. The molecular weight excluding hydrogens is 180 g/mol. The van der Waals surface area contributed by atoms with Crippen LogP contribution in [-0.4, -0.2) is 0 Å². The molecule has 0 nitrogen and oxygen atoms in total. The summed E-state index contributed by atoms with van der Waals surface area (Å²) >= 11 is 0. The van der Waals surface area contributed by atoms with Crippen molar-refractivity contribution in [1.29, 1.82) is 0 Å². The van der Waals surface area contributed by atoms with Gasteiger partial charge in [-0.1, -0.05) is 44.8 Å². The van der Waals surface area contributed by atoms with Gasteiger partial charge in [0.2, 0.25) is 0 Å². The van der Waals surface area contributed by atoms with Gasteiger partial charge in [0.05, 0.1) is 0 Å². The molecule has 1 aliphatic rings. The highest BCUT2D eigenvalue weighted by atomic mass is 14.3. The second-order valence-corrected chi connectivity index (χ2v) is 5.41. The highest BCUT2D eigenvalue weighted by molar-refractivity contribution is 4.96. The van der Waals surface area contributed by atoms with Crippen molar-refractivity contribution in [3.8, 4) is 0 Å². The Hall–Kier alpha value is -0.260. The molecule has 3 unspecified atom stereocenters. The third kappa shape index (κ3) is 3.66. The van der Waals surface area contributed by atoms with Crippen LogP contribution in [0.15, 0.2) is 11.6 Å². The van der Waals surface area contributed by atoms with Gasteiger partial charge in [-0.25, -0.2) is 0 Å². The molecule has 15 heavy (non-hydrogen) atoms. The van der Waals surface area contributed by atoms with Crippen LogP contribution in [0, 0.1) is 17.8 Å². The smallest absolute Gasteiger partial charge is 0.0320 e. The average molecular weight is 208 g/mol. The fourth-order valence-electron chi connectivity index (χ4n) is 3.15. The molecule has 1 rings (SSSR count). The van der Waals surface area contributed by atoms with Crippen molar-refractivity contribution in [3.05, 3.63) is 11.6 Å². The molecular formula is C15H28. The lowest BCUT2D eigenvalue weighted by atomic mass is 9.80. The predicted molar refractivity (Wildman–Crippen MR) is 69.0 cm³/mol. The third-order valence-electron chi connectivity index (χ3n) is 4.46. The van der Waals surface area contributed by atoms with E-state index in [1.165, 1.54) is 38.5 Å². The van der Waals surface area contributed by atoms with E-state index in [2.05, 4.69) is 33.8 Å². The van der Waals surface area contributed by atoms with Crippen molar-refractivity contribution in [2.24, 2.45) is 17.8 Å². The first-order valence-corrected chi connectivity index (χ1v) is 6.80. The van der Waals surface area contributed by atoms with Crippen molar-refractivity contribution in [3.63, 3.8) is 0 Å². The first-order valence-electron chi connectivity index (χ1n) is 6.80. The molecule has 0 N–H and O–H groups in total. The van der Waals surface area contributed by atoms with E-state index >= 15 is 0 Å². The zero-order valence-corrected chi connectivity index (χ0v) is 11.1. The molecule has 1 saturated carbocycles. The molecule has 0 aromatic heterocycles. The van der Waals surface area contributed by atoms with Crippen LogP contribution in [-0.2, 0) is 0 Å². The molecule has 0 radical (unpaired) electrons. The Kier molecular flexibility index (Phi) is 5.42. The second-order valence-electron chi connectivity index (χ2n) is 5.41. The van der Waals surface area contributed by atoms with Crippen molar-refractivity contribution >= 4 is 0 Å². The van der Waals surface area contributed by atoms with Crippen molar-refractivity contribution in [1.82, 2.24) is 0 Å². The molecule has 0 amide bonds. The first kappa shape index (κ1) is 12.8. The largest absolute Gasteiger partial charge is 0.0887 e. The van der Waals surface area contributed by atoms with Gasteiger partial charge in [-0.3, -0.25) is 0 Å². The molecule has 0 spiro atoms. The van der Waals surface area contributed by atoms with Gasteiger partial charge in [0, 0.05) is 0 Å². The van der Waals surface area contributed by atoms with Crippen molar-refractivity contribution in [2.75, 3.05) is 0 Å². The second kappa shape index (κ2) is 6.35. The zero-order chi connectivity index (χ0) is 11.3. The van der Waals surface area contributed by atoms with Gasteiger partial charge < -0.3 is 0 Å². The molecule has 3 atom stereocenters. The lowest BCUT2D eigenvalue weighted by Crippen LogP contribution is -2.16. The van der Waals surface area contributed by atoms with Gasteiger partial charge in [-0.2, -0.15) is 0 Å². The van der Waals surface area contributed by atoms with Gasteiger partial charge in [0.25, 0.3) is 0 Å². The Bertz CT molecular complexity index is 202. The quantitative estimate of drug-likeness (QED) is 0.545. The summed E-state index contributed by atoms with van der Waals surface area (Å²) in [6.45, 7) is 9.27. The van der Waals surface area contributed by atoms with Crippen LogP contribution in [0.3, 0.4) is 0 Å². The summed E-state index contributed by atoms with van der Waals surface area (Å²) in [6, 6.07) is 0. The molecule has 1 fully saturated rings. The van der Waals surface area contributed by atoms with E-state index in [1.54, 1.807) is 5.57 Å². The monoisotopic (exact) mass is 208 g/mol. The molecule has 88 valence electrons. The van der Waals surface area contributed by atoms with E-state index in [0.717, 1.165) is 17.8 Å². The van der Waals surface area contributed by atoms with Gasteiger partial charge >= 0.3 is 0 Å². The van der Waals surface area contributed by atoms with Crippen molar-refractivity contribution in [2.45, 2.75) is 66.2 Å². The van der Waals surface area contributed by atoms with Crippen LogP contribution in [0.4, 0.5) is 0 Å². The minimum absolute atomic E-state index is 0.984. The minimum atomic E-state index is 0.984. The topological polar surface area (TPSA) is 0 Å².